The van der Waals surface area contributed by atoms with Crippen molar-refractivity contribution in [2.75, 3.05) is 24.5 Å². The van der Waals surface area contributed by atoms with Crippen LogP contribution in [0, 0.1) is 0 Å². The van der Waals surface area contributed by atoms with Crippen LogP contribution < -0.4 is 10.2 Å². The van der Waals surface area contributed by atoms with Gasteiger partial charge in [-0.25, -0.2) is 0 Å². The average molecular weight is 297 g/mol. The van der Waals surface area contributed by atoms with Crippen LogP contribution in [-0.2, 0) is 6.54 Å². The Labute approximate surface area is 126 Å². The summed E-state index contributed by atoms with van der Waals surface area (Å²) in [6.45, 7) is 7.72. The van der Waals surface area contributed by atoms with Crippen molar-refractivity contribution in [2.45, 2.75) is 45.3 Å². The molecule has 1 aliphatic rings. The Hall–Kier alpha value is -0.770. The predicted octanol–water partition coefficient (Wildman–Crippen LogP) is 3.19. The van der Waals surface area contributed by atoms with Crippen molar-refractivity contribution in [3.05, 3.63) is 28.8 Å². The number of hydrogen-bond acceptors (Lipinski definition) is 3. The minimum atomic E-state index is -0.533. The number of nitrogens with one attached hydrogen (secondary N) is 1. The Balaban J connectivity index is 2.19. The highest BCUT2D eigenvalue weighted by molar-refractivity contribution is 6.30. The molecule has 0 aliphatic carbocycles. The molecule has 1 saturated heterocycles. The maximum atomic E-state index is 10.2. The van der Waals surface area contributed by atoms with Crippen LogP contribution in [0.5, 0.6) is 0 Å². The lowest BCUT2D eigenvalue weighted by Crippen LogP contribution is -2.29. The normalized spacial score (nSPS) is 23.7. The Morgan fingerprint density at radius 2 is 2.15 bits per heavy atom. The second kappa shape index (κ2) is 6.79. The average Bonchev–Trinajstić information content (AvgIpc) is 2.58. The number of nitrogens with zero attached hydrogens (tertiary/aromatic N) is 1. The fraction of sp³-hybridized carbons (Fsp3) is 0.625. The minimum Gasteiger partial charge on any atom is -0.390 e. The fourth-order valence-corrected chi connectivity index (χ4v) is 2.91. The molecule has 4 heteroatoms. The summed E-state index contributed by atoms with van der Waals surface area (Å²) in [5.74, 6) is 0. The first-order valence-corrected chi connectivity index (χ1v) is 7.86. The van der Waals surface area contributed by atoms with Crippen LogP contribution in [0.15, 0.2) is 18.2 Å². The molecule has 1 unspecified atom stereocenters. The van der Waals surface area contributed by atoms with Crippen molar-refractivity contribution in [3.8, 4) is 0 Å². The van der Waals surface area contributed by atoms with Crippen LogP contribution in [0.25, 0.3) is 0 Å². The summed E-state index contributed by atoms with van der Waals surface area (Å²) in [6.07, 6.45) is 2.69. The predicted molar refractivity (Wildman–Crippen MR) is 85.5 cm³/mol. The molecule has 1 aromatic carbocycles. The van der Waals surface area contributed by atoms with Crippen molar-refractivity contribution < 1.29 is 5.11 Å². The van der Waals surface area contributed by atoms with Crippen molar-refractivity contribution in [1.82, 2.24) is 5.32 Å². The van der Waals surface area contributed by atoms with Gasteiger partial charge in [-0.05, 0) is 50.4 Å². The molecular weight excluding hydrogens is 272 g/mol. The van der Waals surface area contributed by atoms with E-state index in [1.54, 1.807) is 0 Å². The van der Waals surface area contributed by atoms with Crippen LogP contribution in [-0.4, -0.2) is 30.3 Å². The van der Waals surface area contributed by atoms with Crippen LogP contribution in [0.1, 0.15) is 38.7 Å². The van der Waals surface area contributed by atoms with Gasteiger partial charge in [0.25, 0.3) is 0 Å². The molecule has 0 radical (unpaired) electrons. The molecule has 2 rings (SSSR count). The summed E-state index contributed by atoms with van der Waals surface area (Å²) < 4.78 is 0. The van der Waals surface area contributed by atoms with Crippen LogP contribution in [0.4, 0.5) is 5.69 Å². The zero-order valence-electron chi connectivity index (χ0n) is 12.5. The third kappa shape index (κ3) is 4.11. The maximum absolute atomic E-state index is 10.2. The Bertz CT molecular complexity index is 448. The molecule has 0 bridgehead atoms. The van der Waals surface area contributed by atoms with Crippen molar-refractivity contribution in [3.63, 3.8) is 0 Å². The summed E-state index contributed by atoms with van der Waals surface area (Å²) in [7, 11) is 0. The van der Waals surface area contributed by atoms with E-state index in [9.17, 15) is 5.11 Å². The molecule has 20 heavy (non-hydrogen) atoms. The standard InChI is InChI=1S/C16H25ClN2O/c1-3-18-12-13-5-6-14(17)11-15(13)19-9-4-7-16(2,20)8-10-19/h5-6,11,18,20H,3-4,7-10,12H2,1-2H3. The van der Waals surface area contributed by atoms with Gasteiger partial charge in [0.15, 0.2) is 0 Å². The number of hydrogen-bond donors (Lipinski definition) is 2. The zero-order valence-corrected chi connectivity index (χ0v) is 13.2. The Morgan fingerprint density at radius 3 is 2.90 bits per heavy atom. The van der Waals surface area contributed by atoms with Crippen LogP contribution in [0.3, 0.4) is 0 Å². The monoisotopic (exact) mass is 296 g/mol. The SMILES string of the molecule is CCNCc1ccc(Cl)cc1N1CCCC(C)(O)CC1. The summed E-state index contributed by atoms with van der Waals surface area (Å²) in [4.78, 5) is 2.36. The van der Waals surface area contributed by atoms with Crippen LogP contribution >= 0.6 is 11.6 Å². The smallest absolute Gasteiger partial charge is 0.0637 e. The highest BCUT2D eigenvalue weighted by Gasteiger charge is 2.25. The number of benzene rings is 1. The van der Waals surface area contributed by atoms with E-state index in [1.165, 1.54) is 11.3 Å². The van der Waals surface area contributed by atoms with Gasteiger partial charge in [0.1, 0.15) is 0 Å². The largest absolute Gasteiger partial charge is 0.390 e. The lowest BCUT2D eigenvalue weighted by atomic mass is 9.98. The molecule has 1 aromatic rings. The Morgan fingerprint density at radius 1 is 1.35 bits per heavy atom. The third-order valence-corrected chi connectivity index (χ3v) is 4.25. The molecular formula is C16H25ClN2O. The first-order chi connectivity index (χ1) is 9.52. The van der Waals surface area contributed by atoms with E-state index in [4.69, 9.17) is 11.6 Å². The van der Waals surface area contributed by atoms with Gasteiger partial charge >= 0.3 is 0 Å². The lowest BCUT2D eigenvalue weighted by Gasteiger charge is -2.27. The summed E-state index contributed by atoms with van der Waals surface area (Å²) >= 11 is 6.17. The lowest BCUT2D eigenvalue weighted by molar-refractivity contribution is 0.0481. The molecule has 0 amide bonds. The van der Waals surface area contributed by atoms with E-state index in [0.29, 0.717) is 0 Å². The van der Waals surface area contributed by atoms with E-state index in [0.717, 1.165) is 50.5 Å². The quantitative estimate of drug-likeness (QED) is 0.896. The van der Waals surface area contributed by atoms with Crippen molar-refractivity contribution >= 4 is 17.3 Å². The third-order valence-electron chi connectivity index (χ3n) is 4.02. The van der Waals surface area contributed by atoms with E-state index < -0.39 is 5.60 Å². The summed E-state index contributed by atoms with van der Waals surface area (Å²) in [5, 5.41) is 14.4. The number of anilines is 1. The molecule has 1 atom stereocenters. The highest BCUT2D eigenvalue weighted by atomic mass is 35.5. The molecule has 0 saturated carbocycles. The van der Waals surface area contributed by atoms with Crippen molar-refractivity contribution in [2.24, 2.45) is 0 Å². The topological polar surface area (TPSA) is 35.5 Å². The second-order valence-electron chi connectivity index (χ2n) is 5.89. The maximum Gasteiger partial charge on any atom is 0.0637 e. The molecule has 1 aliphatic heterocycles. The van der Waals surface area contributed by atoms with Gasteiger partial charge in [0.2, 0.25) is 0 Å². The van der Waals surface area contributed by atoms with Gasteiger partial charge in [-0.2, -0.15) is 0 Å². The zero-order chi connectivity index (χ0) is 14.6. The second-order valence-corrected chi connectivity index (χ2v) is 6.33. The molecule has 1 heterocycles. The molecule has 3 nitrogen and oxygen atoms in total. The molecule has 0 aromatic heterocycles. The molecule has 2 N–H and O–H groups in total. The minimum absolute atomic E-state index is 0.533. The number of rotatable bonds is 4. The summed E-state index contributed by atoms with van der Waals surface area (Å²) in [5.41, 5.74) is 1.95. The first kappa shape index (κ1) is 15.6. The van der Waals surface area contributed by atoms with Gasteiger partial charge in [0, 0.05) is 30.3 Å². The van der Waals surface area contributed by atoms with E-state index in [2.05, 4.69) is 23.2 Å². The van der Waals surface area contributed by atoms with E-state index >= 15 is 0 Å². The number of aliphatic hydroxyl groups is 1. The molecule has 1 fully saturated rings. The van der Waals surface area contributed by atoms with Crippen LogP contribution in [0.2, 0.25) is 5.02 Å². The first-order valence-electron chi connectivity index (χ1n) is 7.48. The molecule has 112 valence electrons. The van der Waals surface area contributed by atoms with Gasteiger partial charge in [-0.15, -0.1) is 0 Å². The van der Waals surface area contributed by atoms with Gasteiger partial charge in [-0.1, -0.05) is 24.6 Å². The van der Waals surface area contributed by atoms with E-state index in [-0.39, 0.29) is 0 Å². The van der Waals surface area contributed by atoms with Gasteiger partial charge < -0.3 is 15.3 Å². The highest BCUT2D eigenvalue weighted by Crippen LogP contribution is 2.29. The van der Waals surface area contributed by atoms with Gasteiger partial charge in [0.05, 0.1) is 5.60 Å². The van der Waals surface area contributed by atoms with E-state index in [1.807, 2.05) is 19.1 Å². The Kier molecular flexibility index (Phi) is 5.30. The fourth-order valence-electron chi connectivity index (χ4n) is 2.74. The number of halogens is 1. The van der Waals surface area contributed by atoms with Gasteiger partial charge in [-0.3, -0.25) is 0 Å². The summed E-state index contributed by atoms with van der Waals surface area (Å²) in [6, 6.07) is 6.10. The van der Waals surface area contributed by atoms with Crippen molar-refractivity contribution in [1.29, 1.82) is 0 Å². The molecule has 0 spiro atoms.